The van der Waals surface area contributed by atoms with Crippen LogP contribution in [0.5, 0.6) is 0 Å². The molecule has 2 N–H and O–H groups in total. The molecule has 4 aliphatic carbocycles. The van der Waals surface area contributed by atoms with Crippen LogP contribution >= 0.6 is 0 Å². The molecule has 2 aliphatic heterocycles. The zero-order valence-corrected chi connectivity index (χ0v) is 26.1. The second kappa shape index (κ2) is 8.27. The van der Waals surface area contributed by atoms with Gasteiger partial charge in [-0.2, -0.15) is 0 Å². The number of carbonyl (C=O) groups is 1. The summed E-state index contributed by atoms with van der Waals surface area (Å²) >= 11 is 0. The number of Topliss-reactive ketones (excluding diaryl/α,β-unsaturated/α-hetero) is 1. The van der Waals surface area contributed by atoms with E-state index in [2.05, 4.69) is 51.7 Å². The van der Waals surface area contributed by atoms with Crippen molar-refractivity contribution in [2.75, 3.05) is 0 Å². The maximum Gasteiger partial charge on any atom is 0.169 e. The number of hydrogen-bond donors (Lipinski definition) is 2. The molecule has 8 unspecified atom stereocenters. The molecule has 2 saturated heterocycles. The van der Waals surface area contributed by atoms with E-state index in [0.29, 0.717) is 23.5 Å². The van der Waals surface area contributed by atoms with Crippen LogP contribution in [0.1, 0.15) is 114 Å². The van der Waals surface area contributed by atoms with Gasteiger partial charge in [-0.1, -0.05) is 13.8 Å². The van der Waals surface area contributed by atoms with Crippen molar-refractivity contribution in [2.45, 2.75) is 135 Å². The second-order valence-corrected chi connectivity index (χ2v) is 16.4. The molecule has 2 saturated carbocycles. The molecule has 6 aliphatic rings. The Morgan fingerprint density at radius 3 is 2.51 bits per heavy atom. The van der Waals surface area contributed by atoms with E-state index < -0.39 is 5.60 Å². The van der Waals surface area contributed by atoms with Gasteiger partial charge in [-0.15, -0.1) is 0 Å². The predicted octanol–water partition coefficient (Wildman–Crippen LogP) is 6.91. The van der Waals surface area contributed by atoms with Crippen LogP contribution in [0, 0.1) is 35.0 Å². The SMILES string of the molecule is C[C@H]1OC(C)(C)C2Cc3c(ccc4[nH]c5c(c34)CC3CCC4C6CCC(C(C)(C)O)OC6CCC4(C)[C@@]53C)C(=O)C21. The average molecular weight is 560 g/mol. The van der Waals surface area contributed by atoms with Gasteiger partial charge in [0.15, 0.2) is 5.78 Å². The first-order chi connectivity index (χ1) is 19.3. The minimum absolute atomic E-state index is 0.0282. The van der Waals surface area contributed by atoms with Crippen LogP contribution in [0.25, 0.3) is 10.9 Å². The van der Waals surface area contributed by atoms with Crippen molar-refractivity contribution in [1.82, 2.24) is 4.98 Å². The third kappa shape index (κ3) is 3.32. The molecule has 1 aromatic heterocycles. The molecule has 0 radical (unpaired) electrons. The summed E-state index contributed by atoms with van der Waals surface area (Å²) in [5.74, 6) is 2.33. The molecule has 10 atom stereocenters. The maximum absolute atomic E-state index is 13.9. The fourth-order valence-corrected chi connectivity index (χ4v) is 11.7. The minimum atomic E-state index is -0.779. The summed E-state index contributed by atoms with van der Waals surface area (Å²) in [5.41, 5.74) is 5.63. The van der Waals surface area contributed by atoms with Gasteiger partial charge in [-0.25, -0.2) is 0 Å². The van der Waals surface area contributed by atoms with Crippen LogP contribution in [0.15, 0.2) is 12.1 Å². The van der Waals surface area contributed by atoms with Gasteiger partial charge in [-0.3, -0.25) is 4.79 Å². The molecule has 3 heterocycles. The minimum Gasteiger partial charge on any atom is -0.388 e. The molecular weight excluding hydrogens is 510 g/mol. The molecular formula is C36H49NO4. The lowest BCUT2D eigenvalue weighted by Gasteiger charge is -2.63. The Morgan fingerprint density at radius 2 is 1.76 bits per heavy atom. The van der Waals surface area contributed by atoms with Gasteiger partial charge in [0.25, 0.3) is 0 Å². The molecule has 0 bridgehead atoms. The number of ether oxygens (including phenoxy) is 2. The Labute approximate surface area is 245 Å². The lowest BCUT2D eigenvalue weighted by Crippen LogP contribution is -2.61. The van der Waals surface area contributed by atoms with Gasteiger partial charge in [0.1, 0.15) is 0 Å². The maximum atomic E-state index is 13.9. The van der Waals surface area contributed by atoms with E-state index in [4.69, 9.17) is 9.47 Å². The molecule has 0 amide bonds. The van der Waals surface area contributed by atoms with Gasteiger partial charge in [0.2, 0.25) is 0 Å². The fraction of sp³-hybridized carbons (Fsp3) is 0.750. The highest BCUT2D eigenvalue weighted by Gasteiger charge is 2.65. The standard InChI is InChI=1S/C36H49NO4/c1-18-29-25(34(4,5)41-18)17-22-20(31(29)38)9-12-26-30(22)23-16-19-8-11-24-21-10-13-28(33(2,3)39)40-27(21)14-15-35(24,6)36(19,7)32(23)37-26/h9,12,18-19,21,24-25,27-29,37,39H,8,10-11,13-17H2,1-7H3/t18-,19?,21?,24?,25?,27?,28?,29?,35?,36-/m1/s1. The van der Waals surface area contributed by atoms with Crippen LogP contribution in [0.3, 0.4) is 0 Å². The van der Waals surface area contributed by atoms with E-state index in [1.807, 2.05) is 13.8 Å². The molecule has 5 nitrogen and oxygen atoms in total. The highest BCUT2D eigenvalue weighted by molar-refractivity contribution is 6.06. The molecule has 2 aromatic rings. The van der Waals surface area contributed by atoms with Gasteiger partial charge < -0.3 is 19.6 Å². The molecule has 8 rings (SSSR count). The Balaban J connectivity index is 1.20. The highest BCUT2D eigenvalue weighted by Crippen LogP contribution is 2.68. The predicted molar refractivity (Wildman–Crippen MR) is 160 cm³/mol. The van der Waals surface area contributed by atoms with Gasteiger partial charge in [0.05, 0.1) is 35.4 Å². The summed E-state index contributed by atoms with van der Waals surface area (Å²) in [6, 6.07) is 4.30. The van der Waals surface area contributed by atoms with Crippen LogP contribution in [-0.4, -0.2) is 45.4 Å². The van der Waals surface area contributed by atoms with Crippen LogP contribution in [-0.2, 0) is 27.7 Å². The Kier molecular flexibility index (Phi) is 5.43. The number of fused-ring (bicyclic) bond motifs is 12. The smallest absolute Gasteiger partial charge is 0.169 e. The van der Waals surface area contributed by atoms with Crippen molar-refractivity contribution in [3.63, 3.8) is 0 Å². The summed E-state index contributed by atoms with van der Waals surface area (Å²) in [7, 11) is 0. The number of aliphatic hydroxyl groups is 1. The molecule has 41 heavy (non-hydrogen) atoms. The van der Waals surface area contributed by atoms with Crippen molar-refractivity contribution >= 4 is 16.7 Å². The van der Waals surface area contributed by atoms with Crippen LogP contribution in [0.4, 0.5) is 0 Å². The molecule has 0 spiro atoms. The monoisotopic (exact) mass is 559 g/mol. The topological polar surface area (TPSA) is 71.6 Å². The summed E-state index contributed by atoms with van der Waals surface area (Å²) < 4.78 is 13.0. The number of rotatable bonds is 1. The first-order valence-corrected chi connectivity index (χ1v) is 16.5. The third-order valence-electron chi connectivity index (χ3n) is 13.9. The zero-order valence-electron chi connectivity index (χ0n) is 26.1. The lowest BCUT2D eigenvalue weighted by molar-refractivity contribution is -0.210. The summed E-state index contributed by atoms with van der Waals surface area (Å²) in [5, 5.41) is 12.1. The van der Waals surface area contributed by atoms with Crippen molar-refractivity contribution in [3.8, 4) is 0 Å². The largest absolute Gasteiger partial charge is 0.388 e. The summed E-state index contributed by atoms with van der Waals surface area (Å²) in [4.78, 5) is 17.9. The van der Waals surface area contributed by atoms with E-state index in [0.717, 1.165) is 37.7 Å². The molecule has 5 heteroatoms. The summed E-state index contributed by atoms with van der Waals surface area (Å²) in [6.45, 7) is 15.4. The van der Waals surface area contributed by atoms with Crippen LogP contribution in [0.2, 0.25) is 0 Å². The normalized spacial score (nSPS) is 44.5. The number of ketones is 1. The van der Waals surface area contributed by atoms with Crippen molar-refractivity contribution in [2.24, 2.45) is 35.0 Å². The number of aromatic nitrogens is 1. The number of aromatic amines is 1. The van der Waals surface area contributed by atoms with E-state index in [9.17, 15) is 9.90 Å². The van der Waals surface area contributed by atoms with Crippen molar-refractivity contribution in [3.05, 3.63) is 34.5 Å². The Morgan fingerprint density at radius 1 is 0.976 bits per heavy atom. The molecule has 222 valence electrons. The number of hydrogen-bond acceptors (Lipinski definition) is 4. The summed E-state index contributed by atoms with van der Waals surface area (Å²) in [6.07, 6.45) is 9.14. The fourth-order valence-electron chi connectivity index (χ4n) is 11.7. The van der Waals surface area contributed by atoms with E-state index in [1.54, 1.807) is 0 Å². The first kappa shape index (κ1) is 26.9. The Bertz CT molecular complexity index is 1450. The van der Waals surface area contributed by atoms with E-state index >= 15 is 0 Å². The Hall–Kier alpha value is -1.69. The van der Waals surface area contributed by atoms with E-state index in [1.165, 1.54) is 47.0 Å². The van der Waals surface area contributed by atoms with E-state index in [-0.39, 0.29) is 46.6 Å². The first-order valence-electron chi connectivity index (χ1n) is 16.5. The average Bonchev–Trinajstić information content (AvgIpc) is 3.49. The van der Waals surface area contributed by atoms with Gasteiger partial charge in [-0.05, 0) is 132 Å². The van der Waals surface area contributed by atoms with Gasteiger partial charge >= 0.3 is 0 Å². The van der Waals surface area contributed by atoms with Crippen molar-refractivity contribution in [1.29, 1.82) is 0 Å². The highest BCUT2D eigenvalue weighted by atomic mass is 16.5. The number of benzene rings is 1. The number of carbonyl (C=O) groups excluding carboxylic acids is 1. The van der Waals surface area contributed by atoms with Crippen molar-refractivity contribution < 1.29 is 19.4 Å². The molecule has 4 fully saturated rings. The number of nitrogens with one attached hydrogen (secondary N) is 1. The lowest BCUT2D eigenvalue weighted by atomic mass is 9.43. The van der Waals surface area contributed by atoms with Crippen LogP contribution < -0.4 is 0 Å². The zero-order chi connectivity index (χ0) is 28.9. The quantitative estimate of drug-likeness (QED) is 0.398. The molecule has 1 aromatic carbocycles. The number of H-pyrrole nitrogens is 1. The second-order valence-electron chi connectivity index (χ2n) is 16.4. The third-order valence-corrected chi connectivity index (χ3v) is 13.9. The van der Waals surface area contributed by atoms with Gasteiger partial charge in [0, 0.05) is 33.5 Å².